The number of carbonyl (C=O) groups excluding carboxylic acids is 1. The van der Waals surface area contributed by atoms with Crippen LogP contribution in [0.5, 0.6) is 0 Å². The quantitative estimate of drug-likeness (QED) is 0.839. The van der Waals surface area contributed by atoms with E-state index in [2.05, 4.69) is 10.0 Å². The minimum Gasteiger partial charge on any atom is -0.322 e. The topological polar surface area (TPSA) is 75.3 Å². The fourth-order valence-corrected chi connectivity index (χ4v) is 4.57. The molecule has 26 heavy (non-hydrogen) atoms. The van der Waals surface area contributed by atoms with Gasteiger partial charge in [-0.25, -0.2) is 13.1 Å². The van der Waals surface area contributed by atoms with E-state index in [4.69, 9.17) is 0 Å². The van der Waals surface area contributed by atoms with Gasteiger partial charge in [0.2, 0.25) is 10.0 Å². The van der Waals surface area contributed by atoms with Crippen molar-refractivity contribution in [1.29, 1.82) is 0 Å². The van der Waals surface area contributed by atoms with Gasteiger partial charge in [-0.1, -0.05) is 30.5 Å². The highest BCUT2D eigenvalue weighted by Gasteiger charge is 2.23. The van der Waals surface area contributed by atoms with Crippen molar-refractivity contribution in [3.05, 3.63) is 59.2 Å². The fraction of sp³-hybridized carbons (Fsp3) is 0.350. The fourth-order valence-electron chi connectivity index (χ4n) is 3.26. The van der Waals surface area contributed by atoms with E-state index in [9.17, 15) is 13.2 Å². The molecule has 0 radical (unpaired) electrons. The largest absolute Gasteiger partial charge is 0.322 e. The smallest absolute Gasteiger partial charge is 0.255 e. The van der Waals surface area contributed by atoms with E-state index in [0.717, 1.165) is 42.5 Å². The number of nitrogens with one attached hydrogen (secondary N) is 2. The van der Waals surface area contributed by atoms with E-state index in [1.165, 1.54) is 12.1 Å². The Balaban J connectivity index is 1.71. The number of hydrogen-bond acceptors (Lipinski definition) is 3. The first kappa shape index (κ1) is 18.6. The summed E-state index contributed by atoms with van der Waals surface area (Å²) in [4.78, 5) is 12.6. The van der Waals surface area contributed by atoms with Gasteiger partial charge in [-0.2, -0.15) is 0 Å². The summed E-state index contributed by atoms with van der Waals surface area (Å²) in [5.41, 5.74) is 3.29. The van der Waals surface area contributed by atoms with Gasteiger partial charge in [0.1, 0.15) is 0 Å². The van der Waals surface area contributed by atoms with Crippen LogP contribution in [0.4, 0.5) is 5.69 Å². The first-order valence-corrected chi connectivity index (χ1v) is 10.3. The lowest BCUT2D eigenvalue weighted by molar-refractivity contribution is 0.102. The van der Waals surface area contributed by atoms with Crippen molar-refractivity contribution in [3.8, 4) is 0 Å². The van der Waals surface area contributed by atoms with Crippen LogP contribution in [0.3, 0.4) is 0 Å². The standard InChI is InChI=1S/C20H24N2O3S/c1-14-7-12-19(15(2)13-14)21-20(23)16-8-10-18(11-9-16)26(24,25)22-17-5-3-4-6-17/h7-13,17,22H,3-6H2,1-2H3,(H,21,23). The Morgan fingerprint density at radius 1 is 1.00 bits per heavy atom. The number of hydrogen-bond donors (Lipinski definition) is 2. The predicted octanol–water partition coefficient (Wildman–Crippen LogP) is 3.78. The number of rotatable bonds is 5. The first-order valence-electron chi connectivity index (χ1n) is 8.86. The monoisotopic (exact) mass is 372 g/mol. The number of aryl methyl sites for hydroxylation is 2. The van der Waals surface area contributed by atoms with Crippen LogP contribution in [0.25, 0.3) is 0 Å². The maximum absolute atomic E-state index is 12.4. The van der Waals surface area contributed by atoms with Crippen LogP contribution in [0, 0.1) is 13.8 Å². The van der Waals surface area contributed by atoms with Crippen LogP contribution in [0.2, 0.25) is 0 Å². The van der Waals surface area contributed by atoms with Crippen molar-refractivity contribution < 1.29 is 13.2 Å². The van der Waals surface area contributed by atoms with E-state index >= 15 is 0 Å². The van der Waals surface area contributed by atoms with Gasteiger partial charge in [-0.15, -0.1) is 0 Å². The van der Waals surface area contributed by atoms with Crippen LogP contribution in [-0.2, 0) is 10.0 Å². The maximum atomic E-state index is 12.4. The Morgan fingerprint density at radius 3 is 2.27 bits per heavy atom. The number of sulfonamides is 1. The summed E-state index contributed by atoms with van der Waals surface area (Å²) in [6.45, 7) is 3.93. The highest BCUT2D eigenvalue weighted by Crippen LogP contribution is 2.21. The third-order valence-electron chi connectivity index (χ3n) is 4.73. The van der Waals surface area contributed by atoms with E-state index in [1.54, 1.807) is 12.1 Å². The van der Waals surface area contributed by atoms with E-state index in [0.29, 0.717) is 5.56 Å². The zero-order chi connectivity index (χ0) is 18.7. The normalized spacial score (nSPS) is 15.2. The van der Waals surface area contributed by atoms with Gasteiger partial charge in [-0.3, -0.25) is 4.79 Å². The molecule has 2 aromatic rings. The van der Waals surface area contributed by atoms with Gasteiger partial charge in [0.15, 0.2) is 0 Å². The number of amides is 1. The molecular weight excluding hydrogens is 348 g/mol. The molecule has 1 fully saturated rings. The lowest BCUT2D eigenvalue weighted by Crippen LogP contribution is -2.32. The molecule has 0 aliphatic heterocycles. The van der Waals surface area contributed by atoms with E-state index in [1.807, 2.05) is 32.0 Å². The molecule has 0 aromatic heterocycles. The number of anilines is 1. The molecule has 1 aliphatic carbocycles. The van der Waals surface area contributed by atoms with Gasteiger partial charge in [0, 0.05) is 17.3 Å². The van der Waals surface area contributed by atoms with E-state index in [-0.39, 0.29) is 16.8 Å². The second-order valence-corrected chi connectivity index (χ2v) is 8.61. The average Bonchev–Trinajstić information content (AvgIpc) is 3.09. The highest BCUT2D eigenvalue weighted by atomic mass is 32.2. The van der Waals surface area contributed by atoms with Gasteiger partial charge >= 0.3 is 0 Å². The third kappa shape index (κ3) is 4.31. The summed E-state index contributed by atoms with van der Waals surface area (Å²) >= 11 is 0. The van der Waals surface area contributed by atoms with Crippen molar-refractivity contribution in [1.82, 2.24) is 4.72 Å². The molecule has 1 amide bonds. The zero-order valence-corrected chi connectivity index (χ0v) is 15.9. The summed E-state index contributed by atoms with van der Waals surface area (Å²) in [7, 11) is -3.54. The van der Waals surface area contributed by atoms with Crippen LogP contribution in [0.15, 0.2) is 47.4 Å². The Kier molecular flexibility index (Phi) is 5.44. The molecule has 0 atom stereocenters. The molecule has 0 heterocycles. The second-order valence-electron chi connectivity index (χ2n) is 6.90. The molecular formula is C20H24N2O3S. The minimum absolute atomic E-state index is 0.0208. The molecule has 6 heteroatoms. The van der Waals surface area contributed by atoms with Crippen molar-refractivity contribution in [3.63, 3.8) is 0 Å². The molecule has 2 N–H and O–H groups in total. The molecule has 1 aliphatic rings. The van der Waals surface area contributed by atoms with Gasteiger partial charge in [0.25, 0.3) is 5.91 Å². The summed E-state index contributed by atoms with van der Waals surface area (Å²) in [5.74, 6) is -0.260. The molecule has 1 saturated carbocycles. The molecule has 2 aromatic carbocycles. The number of carbonyl (C=O) groups is 1. The molecule has 0 saturated heterocycles. The van der Waals surface area contributed by atoms with Crippen LogP contribution < -0.4 is 10.0 Å². The van der Waals surface area contributed by atoms with Gasteiger partial charge in [-0.05, 0) is 62.6 Å². The zero-order valence-electron chi connectivity index (χ0n) is 15.1. The SMILES string of the molecule is Cc1ccc(NC(=O)c2ccc(S(=O)(=O)NC3CCCC3)cc2)c(C)c1. The van der Waals surface area contributed by atoms with Crippen LogP contribution >= 0.6 is 0 Å². The molecule has 0 bridgehead atoms. The Labute approximate surface area is 154 Å². The minimum atomic E-state index is -3.54. The van der Waals surface area contributed by atoms with Crippen LogP contribution in [-0.4, -0.2) is 20.4 Å². The summed E-state index contributed by atoms with van der Waals surface area (Å²) in [6, 6.07) is 11.9. The molecule has 5 nitrogen and oxygen atoms in total. The summed E-state index contributed by atoms with van der Waals surface area (Å²) in [6.07, 6.45) is 3.89. The third-order valence-corrected chi connectivity index (χ3v) is 6.27. The Hall–Kier alpha value is -2.18. The summed E-state index contributed by atoms with van der Waals surface area (Å²) in [5, 5.41) is 2.87. The molecule has 0 spiro atoms. The van der Waals surface area contributed by atoms with Crippen LogP contribution in [0.1, 0.15) is 47.2 Å². The number of benzene rings is 2. The van der Waals surface area contributed by atoms with E-state index < -0.39 is 10.0 Å². The second kappa shape index (κ2) is 7.60. The first-order chi connectivity index (χ1) is 12.3. The maximum Gasteiger partial charge on any atom is 0.255 e. The van der Waals surface area contributed by atoms with Gasteiger partial charge in [0.05, 0.1) is 4.90 Å². The van der Waals surface area contributed by atoms with Crippen molar-refractivity contribution in [2.45, 2.75) is 50.5 Å². The Bertz CT molecular complexity index is 899. The predicted molar refractivity (Wildman–Crippen MR) is 103 cm³/mol. The lowest BCUT2D eigenvalue weighted by atomic mass is 10.1. The highest BCUT2D eigenvalue weighted by molar-refractivity contribution is 7.89. The van der Waals surface area contributed by atoms with Gasteiger partial charge < -0.3 is 5.32 Å². The average molecular weight is 372 g/mol. The lowest BCUT2D eigenvalue weighted by Gasteiger charge is -2.13. The van der Waals surface area contributed by atoms with Crippen molar-refractivity contribution >= 4 is 21.6 Å². The molecule has 3 rings (SSSR count). The molecule has 0 unspecified atom stereocenters. The Morgan fingerprint density at radius 2 is 1.65 bits per heavy atom. The van der Waals surface area contributed by atoms with Crippen molar-refractivity contribution in [2.24, 2.45) is 0 Å². The van der Waals surface area contributed by atoms with Crippen molar-refractivity contribution in [2.75, 3.05) is 5.32 Å². The summed E-state index contributed by atoms with van der Waals surface area (Å²) < 4.78 is 27.6. The molecule has 138 valence electrons.